The lowest BCUT2D eigenvalue weighted by molar-refractivity contribution is -0.155. The van der Waals surface area contributed by atoms with Crippen LogP contribution in [0, 0.1) is 11.3 Å². The quantitative estimate of drug-likeness (QED) is 0.0176. The number of aliphatic hydroxyl groups excluding tert-OH is 2. The fourth-order valence-electron chi connectivity index (χ4n) is 12.7. The molecule has 0 saturated carbocycles. The van der Waals surface area contributed by atoms with Crippen molar-refractivity contribution in [2.45, 2.75) is 188 Å². The molecule has 122 heavy (non-hydrogen) atoms. The average molecular weight is 1720 g/mol. The number of pyridine rings is 1. The number of nitrogens with two attached hydrogens (primary N) is 5. The molecule has 40 nitrogen and oxygen atoms in total. The van der Waals surface area contributed by atoms with E-state index in [1.807, 2.05) is 0 Å². The second kappa shape index (κ2) is 49.2. The predicted molar refractivity (Wildman–Crippen MR) is 449 cm³/mol. The Morgan fingerprint density at radius 1 is 0.680 bits per heavy atom. The average Bonchev–Trinajstić information content (AvgIpc) is 1.62. The highest BCUT2D eigenvalue weighted by Crippen LogP contribution is 2.34. The molecule has 13 amide bonds. The highest BCUT2D eigenvalue weighted by Gasteiger charge is 2.40. The zero-order valence-electron chi connectivity index (χ0n) is 69.3. The van der Waals surface area contributed by atoms with Gasteiger partial charge in [-0.2, -0.15) is 9.78 Å². The molecule has 664 valence electrons. The van der Waals surface area contributed by atoms with Crippen molar-refractivity contribution in [3.63, 3.8) is 0 Å². The van der Waals surface area contributed by atoms with Gasteiger partial charge in [-0.1, -0.05) is 74.1 Å². The van der Waals surface area contributed by atoms with Crippen LogP contribution >= 0.6 is 11.8 Å². The minimum Gasteiger partial charge on any atom is -0.480 e. The van der Waals surface area contributed by atoms with Crippen LogP contribution in [0.25, 0.3) is 23.1 Å². The van der Waals surface area contributed by atoms with Crippen molar-refractivity contribution in [1.82, 2.24) is 83.5 Å². The van der Waals surface area contributed by atoms with E-state index in [9.17, 15) is 82.4 Å². The second-order valence-electron chi connectivity index (χ2n) is 30.2. The van der Waals surface area contributed by atoms with Gasteiger partial charge in [0, 0.05) is 67.4 Å². The summed E-state index contributed by atoms with van der Waals surface area (Å²) < 4.78 is 6.76. The number of benzene rings is 3. The van der Waals surface area contributed by atoms with Gasteiger partial charge >= 0.3 is 18.0 Å². The third-order valence-electron chi connectivity index (χ3n) is 19.3. The largest absolute Gasteiger partial charge is 0.480 e. The zero-order chi connectivity index (χ0) is 89.9. The smallest absolute Gasteiger partial charge is 0.345 e. The van der Waals surface area contributed by atoms with Gasteiger partial charge in [0.2, 0.25) is 65.0 Å². The Labute approximate surface area is 709 Å². The number of ether oxygens (including phenoxy) is 1. The summed E-state index contributed by atoms with van der Waals surface area (Å²) in [5, 5.41) is 67.1. The number of aromatic nitrogens is 3. The van der Waals surface area contributed by atoms with Gasteiger partial charge < -0.3 is 117 Å². The van der Waals surface area contributed by atoms with E-state index in [0.29, 0.717) is 37.7 Å². The van der Waals surface area contributed by atoms with Crippen LogP contribution in [0.2, 0.25) is 0 Å². The highest BCUT2D eigenvalue weighted by molar-refractivity contribution is 7.99. The monoisotopic (exact) mass is 1720 g/mol. The number of amides is 13. The van der Waals surface area contributed by atoms with Gasteiger partial charge in [0.05, 0.1) is 46.5 Å². The standard InChI is InChI=1S/C81H115N21O19S/c1-45(2)41-60-74(113)93-55(26-32-82)69(108)92-58(29-35-85)73(112)99-66(46(3)103)76(115)90-37-30-59(72(111)91-56(27-33-83)71(110)97-61(75(114)96-60)42-48-15-9-8-10-16-48)94-70(109)57(28-34-84)95-77(116)67(47(4)104)98-65(106)31-40-121-79(119)81(5,6)44-101(39-38-89-64(105)25-23-53(86)78(117)118)80(120)102-62-43-50(122-63-19-12-11-18-52(63)68(107)87-7)21-22-51(62)54(100-102)24-20-49-17-13-14-36-88-49/h8-22,24,36,43,45-47,53,55-61,66-67,103-104H,23,25-35,37-42,44,82-86H2,1-7H3,(H,87,107)(H,89,105)(H,90,115)(H,91,111)(H,92,108)(H,93,113)(H,94,109)(H,95,116)(H,96,114)(H,97,110)(H,98,106)(H,99,112)(H,117,118)/b24-20+/t46-,47-,53+,55+,56+,57+,58+,59+,60+,61-,66?,67+/m1/s1. The first-order chi connectivity index (χ1) is 58.0. The van der Waals surface area contributed by atoms with Gasteiger partial charge in [-0.25, -0.2) is 4.79 Å². The molecule has 12 atom stereocenters. The number of nitrogens with zero attached hydrogens (tertiary/aromatic N) is 4. The summed E-state index contributed by atoms with van der Waals surface area (Å²) in [6.45, 7) is 5.73. The van der Waals surface area contributed by atoms with Crippen molar-refractivity contribution < 1.29 is 92.0 Å². The fraction of sp³-hybridized carbons (Fsp3) is 0.494. The van der Waals surface area contributed by atoms with Crippen LogP contribution in [-0.4, -0.2) is 262 Å². The van der Waals surface area contributed by atoms with Gasteiger partial charge in [0.25, 0.3) is 5.91 Å². The van der Waals surface area contributed by atoms with Crippen LogP contribution in [0.4, 0.5) is 4.79 Å². The van der Waals surface area contributed by atoms with E-state index in [4.69, 9.17) is 38.5 Å². The number of fused-ring (bicyclic) bond motifs is 1. The molecule has 41 heteroatoms. The van der Waals surface area contributed by atoms with E-state index in [-0.39, 0.29) is 108 Å². The topological polar surface area (TPSA) is 634 Å². The highest BCUT2D eigenvalue weighted by atomic mass is 32.2. The van der Waals surface area contributed by atoms with E-state index >= 15 is 4.79 Å². The third-order valence-corrected chi connectivity index (χ3v) is 20.4. The molecule has 0 radical (unpaired) electrons. The van der Waals surface area contributed by atoms with Crippen molar-refractivity contribution in [2.75, 3.05) is 66.0 Å². The van der Waals surface area contributed by atoms with Crippen LogP contribution in [0.1, 0.15) is 127 Å². The lowest BCUT2D eigenvalue weighted by Crippen LogP contribution is -2.61. The lowest BCUT2D eigenvalue weighted by Gasteiger charge is -2.31. The molecule has 25 N–H and O–H groups in total. The molecule has 0 aliphatic carbocycles. The van der Waals surface area contributed by atoms with E-state index in [2.05, 4.69) is 68.8 Å². The van der Waals surface area contributed by atoms with E-state index in [0.717, 1.165) is 11.6 Å². The SMILES string of the molecule is CNC(=O)c1ccccc1Sc1ccc2c(/C=C/c3ccccn3)nn(C(=O)N(CCNC(=O)CC[C@H](N)C(=O)O)CC(C)(C)C(=O)OCCC(=O)N[C@H](C(=O)N[C@@H](CCN)C(=O)N[C@H]3CCNC(=O)C([C@@H](C)O)NC(=O)[C@H](CCN)NC(=O)[C@H](CCN)NC(=O)[C@H](CC(C)C)NC(=O)[C@@H](Cc4ccccc4)NC(=O)[C@H](CCN)NC3=O)[C@@H](C)O)c2c1. The van der Waals surface area contributed by atoms with E-state index in [1.165, 1.54) is 44.5 Å². The first kappa shape index (κ1) is 99.0. The van der Waals surface area contributed by atoms with Crippen LogP contribution < -0.4 is 92.5 Å². The van der Waals surface area contributed by atoms with Crippen molar-refractivity contribution in [1.29, 1.82) is 0 Å². The van der Waals surface area contributed by atoms with Crippen LogP contribution in [0.15, 0.2) is 107 Å². The van der Waals surface area contributed by atoms with E-state index in [1.54, 1.807) is 123 Å². The summed E-state index contributed by atoms with van der Waals surface area (Å²) in [4.78, 5) is 217. The van der Waals surface area contributed by atoms with Gasteiger partial charge in [0.15, 0.2) is 0 Å². The number of aliphatic hydroxyl groups is 2. The predicted octanol–water partition coefficient (Wildman–Crippen LogP) is -3.02. The molecule has 3 heterocycles. The Balaban J connectivity index is 1.24. The number of carboxylic acids is 1. The summed E-state index contributed by atoms with van der Waals surface area (Å²) in [5.74, 6) is -13.4. The minimum atomic E-state index is -1.84. The molecule has 2 aromatic heterocycles. The van der Waals surface area contributed by atoms with Crippen molar-refractivity contribution in [3.05, 3.63) is 120 Å². The number of carboxylic acid groups (broad SMARTS) is 1. The number of aliphatic carboxylic acids is 1. The summed E-state index contributed by atoms with van der Waals surface area (Å²) >= 11 is 1.24. The van der Waals surface area contributed by atoms with Crippen molar-refractivity contribution in [2.24, 2.45) is 40.0 Å². The second-order valence-corrected chi connectivity index (χ2v) is 31.3. The zero-order valence-corrected chi connectivity index (χ0v) is 70.1. The Kier molecular flexibility index (Phi) is 39.9. The number of rotatable bonds is 37. The summed E-state index contributed by atoms with van der Waals surface area (Å²) in [5.41, 5.74) is 29.9. The third kappa shape index (κ3) is 30.7. The number of hydrogen-bond acceptors (Lipinski definition) is 26. The first-order valence-electron chi connectivity index (χ1n) is 40.1. The fourth-order valence-corrected chi connectivity index (χ4v) is 13.7. The summed E-state index contributed by atoms with van der Waals surface area (Å²) in [6.07, 6.45) is -1.25. The molecule has 1 unspecified atom stereocenters. The number of carbonyl (C=O) groups is 15. The Hall–Kier alpha value is -11.9. The van der Waals surface area contributed by atoms with Gasteiger partial charge in [-0.15, -0.1) is 0 Å². The Morgan fingerprint density at radius 2 is 1.28 bits per heavy atom. The normalized spacial score (nSPS) is 19.3. The molecule has 6 rings (SSSR count). The molecule has 1 aliphatic rings. The Bertz CT molecular complexity index is 4480. The van der Waals surface area contributed by atoms with Crippen molar-refractivity contribution >= 4 is 124 Å². The molecule has 0 spiro atoms. The van der Waals surface area contributed by atoms with Crippen LogP contribution in [0.3, 0.4) is 0 Å². The maximum atomic E-state index is 15.3. The maximum Gasteiger partial charge on any atom is 0.345 e. The summed E-state index contributed by atoms with van der Waals surface area (Å²) in [6, 6.07) is 9.45. The van der Waals surface area contributed by atoms with Gasteiger partial charge in [-0.3, -0.25) is 72.1 Å². The van der Waals surface area contributed by atoms with Gasteiger partial charge in [-0.05, 0) is 165 Å². The molecule has 1 saturated heterocycles. The van der Waals surface area contributed by atoms with E-state index < -0.39 is 194 Å². The maximum absolute atomic E-state index is 15.3. The lowest BCUT2D eigenvalue weighted by atomic mass is 9.93. The van der Waals surface area contributed by atoms with Gasteiger partial charge in [0.1, 0.15) is 67.0 Å². The molecular formula is C81H115N21O19S. The Morgan fingerprint density at radius 3 is 1.88 bits per heavy atom. The molecule has 0 bridgehead atoms. The molecular weight excluding hydrogens is 1600 g/mol. The number of hydrogen-bond donors (Lipinski definition) is 20. The molecule has 1 fully saturated rings. The molecule has 5 aromatic rings. The van der Waals surface area contributed by atoms with Crippen LogP contribution in [0.5, 0.6) is 0 Å². The molecule has 1 aliphatic heterocycles. The number of nitrogens with one attached hydrogen (secondary N) is 12. The number of carbonyl (C=O) groups excluding carboxylic acids is 14. The van der Waals surface area contributed by atoms with Crippen LogP contribution in [-0.2, 0) is 73.5 Å². The number of esters is 1. The minimum absolute atomic E-state index is 0.00636. The van der Waals surface area contributed by atoms with Crippen molar-refractivity contribution in [3.8, 4) is 0 Å². The summed E-state index contributed by atoms with van der Waals surface area (Å²) in [7, 11) is 1.50. The molecule has 3 aromatic carbocycles. The first-order valence-corrected chi connectivity index (χ1v) is 40.9.